The normalized spacial score (nSPS) is 13.3. The summed E-state index contributed by atoms with van der Waals surface area (Å²) in [5.74, 6) is -0.109. The Hall–Kier alpha value is -1.48. The van der Waals surface area contributed by atoms with E-state index in [1.807, 2.05) is 13.8 Å². The quantitative estimate of drug-likeness (QED) is 0.270. The first-order valence-electron chi connectivity index (χ1n) is 10.7. The summed E-state index contributed by atoms with van der Waals surface area (Å²) >= 11 is 1.76. The van der Waals surface area contributed by atoms with Crippen molar-refractivity contribution in [3.8, 4) is 0 Å². The number of nitrogens with two attached hydrogens (primary N) is 3. The topological polar surface area (TPSA) is 136 Å². The number of unbranched alkanes of at least 4 members (excludes halogenated alkanes) is 1. The fourth-order valence-corrected chi connectivity index (χ4v) is 4.11. The van der Waals surface area contributed by atoms with E-state index in [-0.39, 0.29) is 11.8 Å². The number of hydrogen-bond donors (Lipinski definition) is 5. The van der Waals surface area contributed by atoms with Gasteiger partial charge in [0.05, 0.1) is 6.04 Å². The van der Waals surface area contributed by atoms with Crippen LogP contribution in [0.25, 0.3) is 0 Å². The van der Waals surface area contributed by atoms with Crippen LogP contribution in [0, 0.1) is 5.92 Å². The summed E-state index contributed by atoms with van der Waals surface area (Å²) in [7, 11) is 0. The van der Waals surface area contributed by atoms with Crippen molar-refractivity contribution in [2.24, 2.45) is 23.1 Å². The molecule has 0 radical (unpaired) electrons. The van der Waals surface area contributed by atoms with E-state index in [1.54, 1.807) is 11.3 Å². The molecule has 8 N–H and O–H groups in total. The minimum atomic E-state index is -0.599. The molecule has 0 spiro atoms. The Labute approximate surface area is 179 Å². The van der Waals surface area contributed by atoms with Gasteiger partial charge in [-0.1, -0.05) is 13.8 Å². The van der Waals surface area contributed by atoms with Gasteiger partial charge >= 0.3 is 0 Å². The monoisotopic (exact) mass is 425 g/mol. The van der Waals surface area contributed by atoms with Crippen molar-refractivity contribution in [3.63, 3.8) is 0 Å². The SMILES string of the molecule is CC(C)C[C@@H](N)C(=O)N[C@@H](CCCCN)C(=O)NCCc1ccc(CCCN)s1. The Morgan fingerprint density at radius 3 is 2.28 bits per heavy atom. The zero-order valence-corrected chi connectivity index (χ0v) is 18.7. The van der Waals surface area contributed by atoms with Gasteiger partial charge in [-0.15, -0.1) is 11.3 Å². The molecule has 0 aliphatic rings. The maximum atomic E-state index is 12.6. The van der Waals surface area contributed by atoms with Gasteiger partial charge in [-0.2, -0.15) is 0 Å². The highest BCUT2D eigenvalue weighted by Gasteiger charge is 2.23. The van der Waals surface area contributed by atoms with Crippen LogP contribution in [-0.4, -0.2) is 43.5 Å². The van der Waals surface area contributed by atoms with Crippen molar-refractivity contribution >= 4 is 23.2 Å². The fourth-order valence-electron chi connectivity index (χ4n) is 3.05. The van der Waals surface area contributed by atoms with E-state index in [0.717, 1.165) is 32.1 Å². The highest BCUT2D eigenvalue weighted by molar-refractivity contribution is 7.11. The summed E-state index contributed by atoms with van der Waals surface area (Å²) in [4.78, 5) is 27.6. The van der Waals surface area contributed by atoms with Crippen LogP contribution in [0.3, 0.4) is 0 Å². The molecule has 0 fully saturated rings. The zero-order chi connectivity index (χ0) is 21.6. The summed E-state index contributed by atoms with van der Waals surface area (Å²) in [6.07, 6.45) is 5.51. The molecule has 7 nitrogen and oxygen atoms in total. The van der Waals surface area contributed by atoms with Crippen LogP contribution in [0.15, 0.2) is 12.1 Å². The van der Waals surface area contributed by atoms with E-state index in [0.29, 0.717) is 38.4 Å². The fraction of sp³-hybridized carbons (Fsp3) is 0.714. The first-order chi connectivity index (χ1) is 13.9. The average molecular weight is 426 g/mol. The highest BCUT2D eigenvalue weighted by Crippen LogP contribution is 2.18. The van der Waals surface area contributed by atoms with Crippen molar-refractivity contribution in [2.45, 2.75) is 70.9 Å². The largest absolute Gasteiger partial charge is 0.354 e. The van der Waals surface area contributed by atoms with E-state index < -0.39 is 12.1 Å². The Morgan fingerprint density at radius 1 is 1.00 bits per heavy atom. The molecule has 1 aromatic heterocycles. The molecule has 1 heterocycles. The second-order valence-electron chi connectivity index (χ2n) is 7.88. The lowest BCUT2D eigenvalue weighted by atomic mass is 10.0. The average Bonchev–Trinajstić information content (AvgIpc) is 3.12. The van der Waals surface area contributed by atoms with Crippen LogP contribution < -0.4 is 27.8 Å². The molecule has 0 aliphatic heterocycles. The predicted octanol–water partition coefficient (Wildman–Crippen LogP) is 1.29. The van der Waals surface area contributed by atoms with Crippen molar-refractivity contribution in [2.75, 3.05) is 19.6 Å². The molecule has 0 bridgehead atoms. The minimum Gasteiger partial charge on any atom is -0.354 e. The Bertz CT molecular complexity index is 606. The summed E-state index contributed by atoms with van der Waals surface area (Å²) in [5, 5.41) is 5.79. The van der Waals surface area contributed by atoms with Crippen LogP contribution in [0.4, 0.5) is 0 Å². The van der Waals surface area contributed by atoms with Gasteiger partial charge in [-0.25, -0.2) is 0 Å². The summed E-state index contributed by atoms with van der Waals surface area (Å²) in [5.41, 5.74) is 17.1. The van der Waals surface area contributed by atoms with Crippen LogP contribution in [0.5, 0.6) is 0 Å². The molecule has 0 saturated carbocycles. The molecule has 0 aromatic carbocycles. The third kappa shape index (κ3) is 10.7. The lowest BCUT2D eigenvalue weighted by Crippen LogP contribution is -2.52. The van der Waals surface area contributed by atoms with Gasteiger partial charge in [0, 0.05) is 16.3 Å². The number of hydrogen-bond acceptors (Lipinski definition) is 6. The Morgan fingerprint density at radius 2 is 1.66 bits per heavy atom. The molecular weight excluding hydrogens is 386 g/mol. The van der Waals surface area contributed by atoms with Crippen LogP contribution in [0.2, 0.25) is 0 Å². The number of carbonyl (C=O) groups is 2. The number of nitrogens with one attached hydrogen (secondary N) is 2. The van der Waals surface area contributed by atoms with E-state index in [1.165, 1.54) is 9.75 Å². The molecule has 166 valence electrons. The zero-order valence-electron chi connectivity index (χ0n) is 17.9. The maximum Gasteiger partial charge on any atom is 0.242 e. The Kier molecular flexibility index (Phi) is 12.8. The first kappa shape index (κ1) is 25.6. The van der Waals surface area contributed by atoms with E-state index in [9.17, 15) is 9.59 Å². The van der Waals surface area contributed by atoms with E-state index in [4.69, 9.17) is 17.2 Å². The number of carbonyl (C=O) groups excluding carboxylic acids is 2. The van der Waals surface area contributed by atoms with E-state index >= 15 is 0 Å². The number of amides is 2. The number of aryl methyl sites for hydroxylation is 1. The number of rotatable bonds is 15. The van der Waals surface area contributed by atoms with Gasteiger partial charge in [0.25, 0.3) is 0 Å². The molecule has 1 aromatic rings. The second-order valence-corrected chi connectivity index (χ2v) is 9.14. The van der Waals surface area contributed by atoms with Crippen LogP contribution >= 0.6 is 11.3 Å². The lowest BCUT2D eigenvalue weighted by Gasteiger charge is -2.21. The van der Waals surface area contributed by atoms with Crippen LogP contribution in [0.1, 0.15) is 55.7 Å². The third-order valence-electron chi connectivity index (χ3n) is 4.66. The standard InChI is InChI=1S/C21H39N5O2S/c1-15(2)14-18(24)20(27)26-19(7-3-4-11-22)21(28)25-13-10-17-9-8-16(29-17)6-5-12-23/h8-9,15,18-19H,3-7,10-14,22-24H2,1-2H3,(H,25,28)(H,26,27)/t18-,19+/m1/s1. The minimum absolute atomic E-state index is 0.160. The van der Waals surface area contributed by atoms with E-state index in [2.05, 4.69) is 22.8 Å². The van der Waals surface area contributed by atoms with Crippen molar-refractivity contribution in [1.29, 1.82) is 0 Å². The second kappa shape index (κ2) is 14.5. The molecule has 1 rings (SSSR count). The molecule has 0 unspecified atom stereocenters. The highest BCUT2D eigenvalue weighted by atomic mass is 32.1. The number of thiophene rings is 1. The summed E-state index contributed by atoms with van der Waals surface area (Å²) < 4.78 is 0. The van der Waals surface area contributed by atoms with Crippen molar-refractivity contribution in [3.05, 3.63) is 21.9 Å². The summed E-state index contributed by atoms with van der Waals surface area (Å²) in [6, 6.07) is 3.06. The molecular formula is C21H39N5O2S. The smallest absolute Gasteiger partial charge is 0.242 e. The van der Waals surface area contributed by atoms with Gasteiger partial charge < -0.3 is 27.8 Å². The van der Waals surface area contributed by atoms with Gasteiger partial charge in [0.2, 0.25) is 11.8 Å². The molecule has 8 heteroatoms. The van der Waals surface area contributed by atoms with Crippen molar-refractivity contribution < 1.29 is 9.59 Å². The molecule has 2 atom stereocenters. The van der Waals surface area contributed by atoms with Gasteiger partial charge in [-0.3, -0.25) is 9.59 Å². The first-order valence-corrected chi connectivity index (χ1v) is 11.5. The predicted molar refractivity (Wildman–Crippen MR) is 121 cm³/mol. The lowest BCUT2D eigenvalue weighted by molar-refractivity contribution is -0.130. The molecule has 0 saturated heterocycles. The molecule has 2 amide bonds. The van der Waals surface area contributed by atoms with Crippen molar-refractivity contribution in [1.82, 2.24) is 10.6 Å². The van der Waals surface area contributed by atoms with Gasteiger partial charge in [-0.05, 0) is 76.1 Å². The van der Waals surface area contributed by atoms with Gasteiger partial charge in [0.15, 0.2) is 0 Å². The third-order valence-corrected chi connectivity index (χ3v) is 5.86. The van der Waals surface area contributed by atoms with Crippen LogP contribution in [-0.2, 0) is 22.4 Å². The molecule has 29 heavy (non-hydrogen) atoms. The maximum absolute atomic E-state index is 12.6. The Balaban J connectivity index is 2.52. The summed E-state index contributed by atoms with van der Waals surface area (Å²) in [6.45, 7) is 5.84. The molecule has 0 aliphatic carbocycles. The van der Waals surface area contributed by atoms with Gasteiger partial charge in [0.1, 0.15) is 6.04 Å².